The maximum absolute atomic E-state index is 13.6. The van der Waals surface area contributed by atoms with E-state index in [-0.39, 0.29) is 36.2 Å². The van der Waals surface area contributed by atoms with Crippen LogP contribution in [0.2, 0.25) is 18.6 Å². The molecule has 0 radical (unpaired) electrons. The van der Waals surface area contributed by atoms with Crippen molar-refractivity contribution in [1.29, 1.82) is 0 Å². The number of benzene rings is 4. The number of carbonyl (C=O) groups excluding carboxylic acids is 1. The first-order valence-corrected chi connectivity index (χ1v) is 17.3. The molecule has 4 aromatic rings. The molecule has 6 rings (SSSR count). The van der Waals surface area contributed by atoms with Gasteiger partial charge in [-0.1, -0.05) is 61.6 Å². The van der Waals surface area contributed by atoms with Gasteiger partial charge in [0.2, 0.25) is 0 Å². The van der Waals surface area contributed by atoms with E-state index in [0.29, 0.717) is 6.42 Å². The van der Waals surface area contributed by atoms with Gasteiger partial charge in [0.15, 0.2) is 0 Å². The van der Waals surface area contributed by atoms with Gasteiger partial charge in [-0.2, -0.15) is 0 Å². The zero-order valence-corrected chi connectivity index (χ0v) is 25.3. The average Bonchev–Trinajstić information content (AvgIpc) is 3.28. The lowest BCUT2D eigenvalue weighted by Gasteiger charge is -2.46. The van der Waals surface area contributed by atoms with E-state index < -0.39 is 8.07 Å². The molecule has 0 saturated carbocycles. The van der Waals surface area contributed by atoms with Crippen LogP contribution < -0.4 is 19.6 Å². The summed E-state index contributed by atoms with van der Waals surface area (Å²) in [6.45, 7) is 6.97. The number of aliphatic hydroxyl groups is 1. The largest absolute Gasteiger partial charge is 0.497 e. The monoisotopic (exact) mass is 567 g/mol. The molecule has 2 aliphatic rings. The van der Waals surface area contributed by atoms with Crippen molar-refractivity contribution in [1.82, 2.24) is 0 Å². The summed E-state index contributed by atoms with van der Waals surface area (Å²) in [5.41, 5.74) is 3.51. The SMILES string of the molecule is COc1ccc([Si](C)(C)C(CCO)[C@@H]2Oc3ccc(N4C(=O)c5cccc6cccc4c56)cc3[C@H](OC)[C@H]2C)cc1. The van der Waals surface area contributed by atoms with Crippen LogP contribution in [0.4, 0.5) is 11.4 Å². The second-order valence-electron chi connectivity index (χ2n) is 11.7. The summed E-state index contributed by atoms with van der Waals surface area (Å²) in [6.07, 6.45) is 0.288. The summed E-state index contributed by atoms with van der Waals surface area (Å²) in [7, 11) is 1.31. The Bertz CT molecular complexity index is 1600. The minimum atomic E-state index is -2.11. The second-order valence-corrected chi connectivity index (χ2v) is 16.5. The highest BCUT2D eigenvalue weighted by Crippen LogP contribution is 2.49. The van der Waals surface area contributed by atoms with Crippen LogP contribution in [0.1, 0.15) is 35.4 Å². The smallest absolute Gasteiger partial charge is 0.263 e. The molecule has 2 aliphatic heterocycles. The van der Waals surface area contributed by atoms with E-state index in [2.05, 4.69) is 32.2 Å². The van der Waals surface area contributed by atoms with Gasteiger partial charge < -0.3 is 19.3 Å². The van der Waals surface area contributed by atoms with Crippen LogP contribution in [0.25, 0.3) is 10.8 Å². The first-order valence-electron chi connectivity index (χ1n) is 14.2. The Morgan fingerprint density at radius 1 is 1.00 bits per heavy atom. The van der Waals surface area contributed by atoms with Crippen LogP contribution in [0.15, 0.2) is 78.9 Å². The molecule has 0 aromatic heterocycles. The minimum Gasteiger partial charge on any atom is -0.497 e. The van der Waals surface area contributed by atoms with Gasteiger partial charge in [-0.15, -0.1) is 0 Å². The topological polar surface area (TPSA) is 68.2 Å². The quantitative estimate of drug-likeness (QED) is 0.243. The van der Waals surface area contributed by atoms with Crippen LogP contribution in [0, 0.1) is 5.92 Å². The molecule has 0 spiro atoms. The predicted octanol–water partition coefficient (Wildman–Crippen LogP) is 6.59. The number of rotatable bonds is 8. The van der Waals surface area contributed by atoms with E-state index in [1.165, 1.54) is 5.19 Å². The van der Waals surface area contributed by atoms with Crippen molar-refractivity contribution >= 4 is 41.3 Å². The lowest BCUT2D eigenvalue weighted by Crippen LogP contribution is -2.54. The number of methoxy groups -OCH3 is 2. The van der Waals surface area contributed by atoms with E-state index in [9.17, 15) is 9.90 Å². The van der Waals surface area contributed by atoms with Crippen LogP contribution in [-0.2, 0) is 4.74 Å². The van der Waals surface area contributed by atoms with Crippen LogP contribution in [-0.4, -0.2) is 46.0 Å². The zero-order chi connectivity index (χ0) is 28.9. The number of fused-ring (bicyclic) bond motifs is 1. The van der Waals surface area contributed by atoms with Crippen molar-refractivity contribution in [3.8, 4) is 11.5 Å². The first-order chi connectivity index (χ1) is 19.8. The molecule has 1 N–H and O–H groups in total. The molecule has 0 aliphatic carbocycles. The summed E-state index contributed by atoms with van der Waals surface area (Å²) >= 11 is 0. The van der Waals surface area contributed by atoms with Crippen LogP contribution in [0.5, 0.6) is 11.5 Å². The van der Waals surface area contributed by atoms with E-state index >= 15 is 0 Å². The molecule has 0 bridgehead atoms. The molecule has 7 heteroatoms. The molecule has 4 aromatic carbocycles. The molecule has 6 nitrogen and oxygen atoms in total. The highest BCUT2D eigenvalue weighted by Gasteiger charge is 2.47. The maximum Gasteiger partial charge on any atom is 0.263 e. The number of amides is 1. The van der Waals surface area contributed by atoms with Crippen molar-refractivity contribution in [3.63, 3.8) is 0 Å². The summed E-state index contributed by atoms with van der Waals surface area (Å²) in [5, 5.41) is 13.5. The minimum absolute atomic E-state index is 0.0244. The lowest BCUT2D eigenvalue weighted by molar-refractivity contribution is -0.0241. The van der Waals surface area contributed by atoms with Crippen molar-refractivity contribution in [2.45, 2.75) is 44.2 Å². The van der Waals surface area contributed by atoms with Gasteiger partial charge in [0.1, 0.15) is 17.6 Å². The summed E-state index contributed by atoms with van der Waals surface area (Å²) in [6, 6.07) is 26.2. The van der Waals surface area contributed by atoms with Crippen molar-refractivity contribution in [2.24, 2.45) is 5.92 Å². The molecule has 41 heavy (non-hydrogen) atoms. The zero-order valence-electron chi connectivity index (χ0n) is 24.3. The van der Waals surface area contributed by atoms with Crippen LogP contribution in [0.3, 0.4) is 0 Å². The number of nitrogens with zero attached hydrogens (tertiary/aromatic N) is 1. The Balaban J connectivity index is 1.37. The molecule has 2 heterocycles. The molecular weight excluding hydrogens is 530 g/mol. The number of aliphatic hydroxyl groups excluding tert-OH is 1. The number of hydrogen-bond donors (Lipinski definition) is 1. The molecule has 212 valence electrons. The fourth-order valence-electron chi connectivity index (χ4n) is 6.99. The van der Waals surface area contributed by atoms with Gasteiger partial charge >= 0.3 is 0 Å². The van der Waals surface area contributed by atoms with Gasteiger partial charge in [-0.05, 0) is 59.8 Å². The molecule has 1 unspecified atom stereocenters. The molecular formula is C34H37NO5Si. The first kappa shape index (κ1) is 27.5. The number of hydrogen-bond acceptors (Lipinski definition) is 5. The molecule has 4 atom stereocenters. The third-order valence-corrected chi connectivity index (χ3v) is 13.5. The van der Waals surface area contributed by atoms with Gasteiger partial charge in [-0.3, -0.25) is 9.69 Å². The van der Waals surface area contributed by atoms with E-state index in [0.717, 1.165) is 44.8 Å². The van der Waals surface area contributed by atoms with E-state index in [4.69, 9.17) is 14.2 Å². The number of carbonyl (C=O) groups is 1. The summed E-state index contributed by atoms with van der Waals surface area (Å²) in [5.74, 6) is 1.61. The fourth-order valence-corrected chi connectivity index (χ4v) is 10.5. The second kappa shape index (κ2) is 10.6. The van der Waals surface area contributed by atoms with Crippen molar-refractivity contribution < 1.29 is 24.1 Å². The highest BCUT2D eigenvalue weighted by atomic mass is 28.3. The Morgan fingerprint density at radius 3 is 2.41 bits per heavy atom. The lowest BCUT2D eigenvalue weighted by atomic mass is 9.86. The standard InChI is InChI=1S/C34H37NO5Si/c1-21-32(39-3)27-20-23(35-28-11-7-9-22-8-6-10-26(31(22)28)34(35)37)12-17-29(27)40-33(21)30(18-19-36)41(4,5)25-15-13-24(38-2)14-16-25/h6-17,20-21,30,32-33,36H,18-19H2,1-5H3/t21-,30?,32-,33-/m1/s1. The van der Waals surface area contributed by atoms with Gasteiger partial charge in [0, 0.05) is 36.3 Å². The Morgan fingerprint density at radius 2 is 1.73 bits per heavy atom. The van der Waals surface area contributed by atoms with Crippen LogP contribution >= 0.6 is 0 Å². The molecule has 1 amide bonds. The third kappa shape index (κ3) is 4.43. The summed E-state index contributed by atoms with van der Waals surface area (Å²) in [4.78, 5) is 15.4. The Kier molecular flexibility index (Phi) is 7.14. The molecule has 0 saturated heterocycles. The average molecular weight is 568 g/mol. The van der Waals surface area contributed by atoms with Gasteiger partial charge in [0.05, 0.1) is 32.5 Å². The maximum atomic E-state index is 13.6. The van der Waals surface area contributed by atoms with Gasteiger partial charge in [-0.25, -0.2) is 0 Å². The Hall–Kier alpha value is -3.65. The summed E-state index contributed by atoms with van der Waals surface area (Å²) < 4.78 is 18.4. The molecule has 0 fully saturated rings. The van der Waals surface area contributed by atoms with E-state index in [1.54, 1.807) is 19.1 Å². The third-order valence-electron chi connectivity index (χ3n) is 9.23. The van der Waals surface area contributed by atoms with Crippen molar-refractivity contribution in [2.75, 3.05) is 25.7 Å². The Labute approximate surface area is 242 Å². The predicted molar refractivity (Wildman–Crippen MR) is 166 cm³/mol. The van der Waals surface area contributed by atoms with Gasteiger partial charge in [0.25, 0.3) is 5.91 Å². The fraction of sp³-hybridized carbons (Fsp3) is 0.324. The number of ether oxygens (including phenoxy) is 3. The normalized spacial score (nSPS) is 20.6. The van der Waals surface area contributed by atoms with E-state index in [1.807, 2.05) is 66.7 Å². The van der Waals surface area contributed by atoms with Crippen molar-refractivity contribution in [3.05, 3.63) is 90.0 Å². The number of anilines is 2. The highest BCUT2D eigenvalue weighted by molar-refractivity contribution is 6.91.